The molecule has 88 valence electrons. The molecule has 2 N–H and O–H groups in total. The van der Waals surface area contributed by atoms with E-state index < -0.39 is 5.97 Å². The van der Waals surface area contributed by atoms with Crippen molar-refractivity contribution in [3.8, 4) is 0 Å². The van der Waals surface area contributed by atoms with E-state index in [1.54, 1.807) is 12.1 Å². The minimum atomic E-state index is -0.985. The van der Waals surface area contributed by atoms with Gasteiger partial charge in [0.25, 0.3) is 5.91 Å². The van der Waals surface area contributed by atoms with Gasteiger partial charge in [-0.05, 0) is 31.4 Å². The Kier molecular flexibility index (Phi) is 3.23. The second kappa shape index (κ2) is 4.82. The van der Waals surface area contributed by atoms with Crippen molar-refractivity contribution < 1.29 is 14.7 Å². The number of carbonyl (C=O) groups is 2. The summed E-state index contributed by atoms with van der Waals surface area (Å²) in [5, 5.41) is 11.7. The van der Waals surface area contributed by atoms with Crippen LogP contribution in [-0.4, -0.2) is 17.0 Å². The van der Waals surface area contributed by atoms with E-state index in [-0.39, 0.29) is 11.5 Å². The van der Waals surface area contributed by atoms with Crippen molar-refractivity contribution >= 4 is 17.6 Å². The predicted octanol–water partition coefficient (Wildman–Crippen LogP) is 2.19. The number of benzene rings is 1. The summed E-state index contributed by atoms with van der Waals surface area (Å²) in [5.41, 5.74) is 1.33. The van der Waals surface area contributed by atoms with Crippen molar-refractivity contribution in [2.24, 2.45) is 0 Å². The largest absolute Gasteiger partial charge is 0.478 e. The van der Waals surface area contributed by atoms with Gasteiger partial charge in [0, 0.05) is 16.8 Å². The Balaban J connectivity index is 2.16. The third-order valence-electron chi connectivity index (χ3n) is 2.78. The Hall–Kier alpha value is -2.10. The number of carboxylic acids is 1. The number of rotatable bonds is 3. The van der Waals surface area contributed by atoms with Crippen LogP contribution >= 0.6 is 0 Å². The normalized spacial score (nSPS) is 14.8. The highest BCUT2D eigenvalue weighted by atomic mass is 16.4. The monoisotopic (exact) mass is 231 g/mol. The lowest BCUT2D eigenvalue weighted by Gasteiger charge is -2.06. The van der Waals surface area contributed by atoms with Gasteiger partial charge in [-0.1, -0.05) is 18.2 Å². The summed E-state index contributed by atoms with van der Waals surface area (Å²) in [7, 11) is 0. The summed E-state index contributed by atoms with van der Waals surface area (Å²) in [6.45, 7) is 0. The quantitative estimate of drug-likeness (QED) is 0.838. The number of nitrogens with one attached hydrogen (secondary N) is 1. The third kappa shape index (κ3) is 2.53. The van der Waals surface area contributed by atoms with Crippen LogP contribution in [0.25, 0.3) is 0 Å². The van der Waals surface area contributed by atoms with Gasteiger partial charge in [-0.3, -0.25) is 4.79 Å². The van der Waals surface area contributed by atoms with Crippen molar-refractivity contribution in [1.82, 2.24) is 0 Å². The van der Waals surface area contributed by atoms with Gasteiger partial charge in [-0.2, -0.15) is 0 Å². The lowest BCUT2D eigenvalue weighted by atomic mass is 10.1. The van der Waals surface area contributed by atoms with Crippen LogP contribution in [0.3, 0.4) is 0 Å². The van der Waals surface area contributed by atoms with E-state index >= 15 is 0 Å². The molecule has 1 aliphatic rings. The molecule has 4 nitrogen and oxygen atoms in total. The van der Waals surface area contributed by atoms with E-state index in [1.165, 1.54) is 0 Å². The highest BCUT2D eigenvalue weighted by Gasteiger charge is 2.25. The van der Waals surface area contributed by atoms with E-state index in [0.717, 1.165) is 6.42 Å². The molecule has 0 radical (unpaired) electrons. The fourth-order valence-corrected chi connectivity index (χ4v) is 1.96. The van der Waals surface area contributed by atoms with Crippen LogP contribution in [0.5, 0.6) is 0 Å². The molecule has 0 saturated carbocycles. The zero-order chi connectivity index (χ0) is 12.3. The number of carboxylic acid groups (broad SMARTS) is 1. The average Bonchev–Trinajstić information content (AvgIpc) is 2.79. The van der Waals surface area contributed by atoms with Gasteiger partial charge in [-0.15, -0.1) is 0 Å². The van der Waals surface area contributed by atoms with Crippen LogP contribution in [0.1, 0.15) is 19.3 Å². The summed E-state index contributed by atoms with van der Waals surface area (Å²) >= 11 is 0. The van der Waals surface area contributed by atoms with Gasteiger partial charge in [0.2, 0.25) is 0 Å². The number of carbonyl (C=O) groups excluding carboxylic acids is 1. The summed E-state index contributed by atoms with van der Waals surface area (Å²) in [4.78, 5) is 22.8. The summed E-state index contributed by atoms with van der Waals surface area (Å²) in [6.07, 6.45) is 1.76. The van der Waals surface area contributed by atoms with Crippen molar-refractivity contribution in [3.63, 3.8) is 0 Å². The Morgan fingerprint density at radius 1 is 1.06 bits per heavy atom. The molecule has 1 aromatic rings. The van der Waals surface area contributed by atoms with E-state index in [4.69, 9.17) is 5.11 Å². The minimum absolute atomic E-state index is 0.249. The first-order chi connectivity index (χ1) is 8.18. The van der Waals surface area contributed by atoms with E-state index in [1.807, 2.05) is 18.2 Å². The zero-order valence-corrected chi connectivity index (χ0v) is 9.27. The predicted molar refractivity (Wildman–Crippen MR) is 63.6 cm³/mol. The van der Waals surface area contributed by atoms with Crippen LogP contribution in [-0.2, 0) is 9.59 Å². The molecule has 0 unspecified atom stereocenters. The average molecular weight is 231 g/mol. The second-order valence-corrected chi connectivity index (χ2v) is 3.94. The maximum atomic E-state index is 11.9. The minimum Gasteiger partial charge on any atom is -0.478 e. The Labute approximate surface area is 99.0 Å². The SMILES string of the molecule is O=C(O)C1=C(C(=O)Nc2ccccc2)CCC1. The van der Waals surface area contributed by atoms with Crippen LogP contribution in [0.15, 0.2) is 41.5 Å². The number of hydrogen-bond acceptors (Lipinski definition) is 2. The van der Waals surface area contributed by atoms with Gasteiger partial charge in [0.1, 0.15) is 0 Å². The number of hydrogen-bond donors (Lipinski definition) is 2. The number of amides is 1. The first-order valence-electron chi connectivity index (χ1n) is 5.50. The molecule has 0 spiro atoms. The van der Waals surface area contributed by atoms with Crippen LogP contribution in [0, 0.1) is 0 Å². The van der Waals surface area contributed by atoms with Gasteiger partial charge >= 0.3 is 5.97 Å². The second-order valence-electron chi connectivity index (χ2n) is 3.94. The van der Waals surface area contributed by atoms with Crippen LogP contribution in [0.4, 0.5) is 5.69 Å². The van der Waals surface area contributed by atoms with Gasteiger partial charge in [0.05, 0.1) is 0 Å². The molecule has 17 heavy (non-hydrogen) atoms. The molecule has 0 aromatic heterocycles. The maximum Gasteiger partial charge on any atom is 0.332 e. The van der Waals surface area contributed by atoms with Crippen LogP contribution in [0.2, 0.25) is 0 Å². The fraction of sp³-hybridized carbons (Fsp3) is 0.231. The molecule has 1 aliphatic carbocycles. The molecule has 0 bridgehead atoms. The smallest absolute Gasteiger partial charge is 0.332 e. The lowest BCUT2D eigenvalue weighted by Crippen LogP contribution is -2.16. The van der Waals surface area contributed by atoms with E-state index in [9.17, 15) is 9.59 Å². The zero-order valence-electron chi connectivity index (χ0n) is 9.27. The first-order valence-corrected chi connectivity index (χ1v) is 5.50. The van der Waals surface area contributed by atoms with Gasteiger partial charge in [0.15, 0.2) is 0 Å². The van der Waals surface area contributed by atoms with Crippen molar-refractivity contribution in [1.29, 1.82) is 0 Å². The molecular formula is C13H13NO3. The molecule has 2 rings (SSSR count). The van der Waals surface area contributed by atoms with Crippen molar-refractivity contribution in [2.45, 2.75) is 19.3 Å². The molecule has 0 fully saturated rings. The Morgan fingerprint density at radius 2 is 1.71 bits per heavy atom. The number of para-hydroxylation sites is 1. The molecule has 0 saturated heterocycles. The number of aliphatic carboxylic acids is 1. The summed E-state index contributed by atoms with van der Waals surface area (Å²) < 4.78 is 0. The summed E-state index contributed by atoms with van der Waals surface area (Å²) in [6, 6.07) is 9.03. The summed E-state index contributed by atoms with van der Waals surface area (Å²) in [5.74, 6) is -1.29. The van der Waals surface area contributed by atoms with Gasteiger partial charge in [-0.25, -0.2) is 4.79 Å². The highest BCUT2D eigenvalue weighted by Crippen LogP contribution is 2.27. The van der Waals surface area contributed by atoms with Crippen LogP contribution < -0.4 is 5.32 Å². The van der Waals surface area contributed by atoms with E-state index in [0.29, 0.717) is 24.1 Å². The molecule has 0 aliphatic heterocycles. The fourth-order valence-electron chi connectivity index (χ4n) is 1.96. The highest BCUT2D eigenvalue weighted by molar-refractivity contribution is 6.09. The molecule has 0 atom stereocenters. The Bertz CT molecular complexity index is 477. The van der Waals surface area contributed by atoms with Gasteiger partial charge < -0.3 is 10.4 Å². The van der Waals surface area contributed by atoms with Crippen molar-refractivity contribution in [2.75, 3.05) is 5.32 Å². The molecule has 4 heteroatoms. The standard InChI is InChI=1S/C13H13NO3/c15-12(14-9-5-2-1-3-6-9)10-7-4-8-11(10)13(16)17/h1-3,5-6H,4,7-8H2,(H,14,15)(H,16,17). The lowest BCUT2D eigenvalue weighted by molar-refractivity contribution is -0.133. The molecule has 1 amide bonds. The topological polar surface area (TPSA) is 66.4 Å². The Morgan fingerprint density at radius 3 is 2.35 bits per heavy atom. The molecule has 1 aromatic carbocycles. The van der Waals surface area contributed by atoms with Crippen molar-refractivity contribution in [3.05, 3.63) is 41.5 Å². The first kappa shape index (κ1) is 11.4. The molecular weight excluding hydrogens is 218 g/mol. The maximum absolute atomic E-state index is 11.9. The third-order valence-corrected chi connectivity index (χ3v) is 2.78. The van der Waals surface area contributed by atoms with E-state index in [2.05, 4.69) is 5.32 Å². The molecule has 0 heterocycles. The number of anilines is 1.